The van der Waals surface area contributed by atoms with Crippen LogP contribution in [-0.2, 0) is 11.3 Å². The number of hydrogen-bond acceptors (Lipinski definition) is 2. The Balaban J connectivity index is 2.22. The van der Waals surface area contributed by atoms with Crippen molar-refractivity contribution in [1.29, 1.82) is 0 Å². The van der Waals surface area contributed by atoms with Gasteiger partial charge in [0.15, 0.2) is 7.51 Å². The molecule has 0 radical (unpaired) electrons. The Kier molecular flexibility index (Phi) is 9.41. The van der Waals surface area contributed by atoms with Crippen molar-refractivity contribution >= 4 is 21.0 Å². The number of carboxylic acids is 1. The van der Waals surface area contributed by atoms with E-state index in [9.17, 15) is 9.90 Å². The lowest BCUT2D eigenvalue weighted by Gasteiger charge is -2.46. The summed E-state index contributed by atoms with van der Waals surface area (Å²) in [5, 5.41) is 10.1. The molecule has 9 nitrogen and oxygen atoms in total. The van der Waals surface area contributed by atoms with Gasteiger partial charge < -0.3 is 5.11 Å². The van der Waals surface area contributed by atoms with E-state index in [-0.39, 0.29) is 5.54 Å². The van der Waals surface area contributed by atoms with Gasteiger partial charge >= 0.3 is 5.97 Å². The van der Waals surface area contributed by atoms with Gasteiger partial charge in [-0.25, -0.2) is 14.1 Å². The van der Waals surface area contributed by atoms with Crippen LogP contribution < -0.4 is 0 Å². The average molecular weight is 576 g/mol. The minimum absolute atomic E-state index is 0.329. The van der Waals surface area contributed by atoms with E-state index < -0.39 is 26.9 Å². The highest BCUT2D eigenvalue weighted by molar-refractivity contribution is 7.71. The number of aliphatic carboxylic acids is 1. The van der Waals surface area contributed by atoms with E-state index >= 15 is 0 Å². The highest BCUT2D eigenvalue weighted by Gasteiger charge is 2.39. The van der Waals surface area contributed by atoms with E-state index in [2.05, 4.69) is 126 Å². The summed E-state index contributed by atoms with van der Waals surface area (Å²) in [5.41, 5.74) is 4.43. The summed E-state index contributed by atoms with van der Waals surface area (Å²) >= 11 is 0. The summed E-state index contributed by atoms with van der Waals surface area (Å²) in [5.74, 6) is -1.48. The fourth-order valence-corrected chi connectivity index (χ4v) is 14.3. The van der Waals surface area contributed by atoms with E-state index in [4.69, 9.17) is 9.26 Å². The molecule has 0 heterocycles. The van der Waals surface area contributed by atoms with Gasteiger partial charge in [0, 0.05) is 6.54 Å². The van der Waals surface area contributed by atoms with Crippen LogP contribution in [0.1, 0.15) is 43.4 Å². The monoisotopic (exact) mass is 575 g/mol. The van der Waals surface area contributed by atoms with E-state index in [1.165, 1.54) is 0 Å². The summed E-state index contributed by atoms with van der Waals surface area (Å²) < 4.78 is 22.4. The minimum Gasteiger partial charge on any atom is -0.481 e. The number of hydrogen-bond donors (Lipinski definition) is 1. The Morgan fingerprint density at radius 2 is 1.36 bits per heavy atom. The third-order valence-electron chi connectivity index (χ3n) is 6.93. The topological polar surface area (TPSA) is 78.2 Å². The highest BCUT2D eigenvalue weighted by Crippen LogP contribution is 2.69. The molecular formula is C28H47N7O2P2. The van der Waals surface area contributed by atoms with Crippen LogP contribution in [0.4, 0.5) is 0 Å². The molecule has 2 unspecified atom stereocenters. The molecule has 0 fully saturated rings. The largest absolute Gasteiger partial charge is 0.481 e. The van der Waals surface area contributed by atoms with Gasteiger partial charge in [-0.2, -0.15) is 4.52 Å². The SMILES string of the molecule is CN(C)P(=NC(C)(C)C)(N=P(N(C)C)(N(C)C)N(C)C)N(C)Cc1ccc2c(c1)C(C(=O)O)c1ccccc1-2. The summed E-state index contributed by atoms with van der Waals surface area (Å²) in [4.78, 5) is 12.4. The van der Waals surface area contributed by atoms with E-state index in [1.54, 1.807) is 0 Å². The van der Waals surface area contributed by atoms with Crippen molar-refractivity contribution in [2.75, 3.05) is 63.4 Å². The number of rotatable bonds is 9. The maximum atomic E-state index is 12.4. The van der Waals surface area contributed by atoms with Crippen molar-refractivity contribution < 1.29 is 9.90 Å². The van der Waals surface area contributed by atoms with Crippen molar-refractivity contribution in [2.45, 2.75) is 38.8 Å². The van der Waals surface area contributed by atoms with Crippen LogP contribution in [0.2, 0.25) is 0 Å². The lowest BCUT2D eigenvalue weighted by atomic mass is 9.96. The molecule has 1 aliphatic carbocycles. The van der Waals surface area contributed by atoms with E-state index in [0.29, 0.717) is 6.54 Å². The van der Waals surface area contributed by atoms with Crippen LogP contribution in [0.25, 0.3) is 11.1 Å². The van der Waals surface area contributed by atoms with Gasteiger partial charge in [-0.05, 0) is 112 Å². The van der Waals surface area contributed by atoms with Crippen LogP contribution in [0.5, 0.6) is 0 Å². The Bertz CT molecular complexity index is 1300. The van der Waals surface area contributed by atoms with Gasteiger partial charge in [-0.3, -0.25) is 18.8 Å². The number of benzene rings is 2. The third kappa shape index (κ3) is 5.96. The van der Waals surface area contributed by atoms with Crippen molar-refractivity contribution in [2.24, 2.45) is 9.26 Å². The first-order chi connectivity index (χ1) is 18.0. The van der Waals surface area contributed by atoms with E-state index in [0.717, 1.165) is 27.8 Å². The zero-order valence-electron chi connectivity index (χ0n) is 25.7. The molecule has 2 aromatic carbocycles. The van der Waals surface area contributed by atoms with Gasteiger partial charge in [0.25, 0.3) is 0 Å². The second kappa shape index (κ2) is 11.6. The molecule has 11 heteroatoms. The fourth-order valence-electron chi connectivity index (χ4n) is 5.50. The predicted molar refractivity (Wildman–Crippen MR) is 166 cm³/mol. The van der Waals surface area contributed by atoms with Gasteiger partial charge in [-0.1, -0.05) is 42.5 Å². The number of nitrogens with zero attached hydrogens (tertiary/aromatic N) is 7. The smallest absolute Gasteiger partial charge is 0.315 e. The summed E-state index contributed by atoms with van der Waals surface area (Å²) in [6.45, 7) is 6.96. The molecule has 0 saturated heterocycles. The predicted octanol–water partition coefficient (Wildman–Crippen LogP) is 6.25. The molecule has 2 atom stereocenters. The van der Waals surface area contributed by atoms with Crippen molar-refractivity contribution in [3.63, 3.8) is 0 Å². The van der Waals surface area contributed by atoms with Gasteiger partial charge in [0.2, 0.25) is 7.51 Å². The first-order valence-corrected chi connectivity index (χ1v) is 16.3. The first-order valence-electron chi connectivity index (χ1n) is 13.1. The zero-order valence-corrected chi connectivity index (χ0v) is 27.5. The minimum atomic E-state index is -2.62. The highest BCUT2D eigenvalue weighted by atomic mass is 31.2. The normalized spacial score (nSPS) is 17.1. The molecule has 2 aromatic rings. The van der Waals surface area contributed by atoms with Crippen molar-refractivity contribution in [1.82, 2.24) is 23.4 Å². The van der Waals surface area contributed by atoms with Gasteiger partial charge in [0.1, 0.15) is 5.92 Å². The standard InChI is InChI=1S/C28H47N7O2P2/c1-28(2,3)29-38(31(4)5,30-39(32(6)7,33(8)9)34(10)11)35(12)20-21-17-18-23-22-15-13-14-16-24(22)26(27(36)37)25(23)19-21/h13-19,26H,20H2,1-12H3,(H,36,37). The maximum absolute atomic E-state index is 12.4. The molecule has 1 N–H and O–H groups in total. The summed E-state index contributed by atoms with van der Waals surface area (Å²) in [6.07, 6.45) is 0. The molecule has 0 saturated carbocycles. The molecule has 0 aliphatic heterocycles. The molecule has 0 spiro atoms. The van der Waals surface area contributed by atoms with Gasteiger partial charge in [0.05, 0.1) is 5.54 Å². The Labute approximate surface area is 235 Å². The molecule has 3 rings (SSSR count). The number of fused-ring (bicyclic) bond motifs is 3. The summed E-state index contributed by atoms with van der Waals surface area (Å²) in [6, 6.07) is 14.1. The Morgan fingerprint density at radius 1 is 0.821 bits per heavy atom. The fraction of sp³-hybridized carbons (Fsp3) is 0.536. The first kappa shape index (κ1) is 31.7. The number of carbonyl (C=O) groups is 1. The molecule has 216 valence electrons. The van der Waals surface area contributed by atoms with Gasteiger partial charge in [-0.15, -0.1) is 0 Å². The molecule has 0 bridgehead atoms. The van der Waals surface area contributed by atoms with Crippen molar-refractivity contribution in [3.8, 4) is 11.1 Å². The molecular weight excluding hydrogens is 528 g/mol. The second-order valence-electron chi connectivity index (χ2n) is 11.9. The van der Waals surface area contributed by atoms with E-state index in [1.807, 2.05) is 24.3 Å². The molecule has 0 amide bonds. The molecule has 0 aromatic heterocycles. The van der Waals surface area contributed by atoms with Crippen LogP contribution in [0.15, 0.2) is 51.7 Å². The van der Waals surface area contributed by atoms with Crippen LogP contribution >= 0.6 is 15.0 Å². The Morgan fingerprint density at radius 3 is 1.85 bits per heavy atom. The number of carboxylic acid groups (broad SMARTS) is 1. The van der Waals surface area contributed by atoms with Crippen molar-refractivity contribution in [3.05, 3.63) is 59.2 Å². The lowest BCUT2D eigenvalue weighted by Crippen LogP contribution is -2.33. The average Bonchev–Trinajstić information content (AvgIpc) is 3.13. The third-order valence-corrected chi connectivity index (χ3v) is 15.1. The second-order valence-corrected chi connectivity index (χ2v) is 18.9. The quantitative estimate of drug-likeness (QED) is 0.354. The van der Waals surface area contributed by atoms with Crippen LogP contribution in [0, 0.1) is 0 Å². The molecule has 39 heavy (non-hydrogen) atoms. The van der Waals surface area contributed by atoms with Crippen LogP contribution in [0.3, 0.4) is 0 Å². The lowest BCUT2D eigenvalue weighted by molar-refractivity contribution is -0.137. The summed E-state index contributed by atoms with van der Waals surface area (Å²) in [7, 11) is 13.8. The molecule has 1 aliphatic rings. The van der Waals surface area contributed by atoms with Crippen LogP contribution in [-0.4, -0.2) is 103 Å². The maximum Gasteiger partial charge on any atom is 0.315 e. The zero-order chi connectivity index (χ0) is 29.5. The Hall–Kier alpha value is -1.83.